The van der Waals surface area contributed by atoms with Crippen molar-refractivity contribution < 1.29 is 24.2 Å². The van der Waals surface area contributed by atoms with E-state index in [1.807, 2.05) is 29.2 Å². The number of rotatable bonds is 6. The van der Waals surface area contributed by atoms with Crippen LogP contribution in [0.1, 0.15) is 24.0 Å². The zero-order valence-corrected chi connectivity index (χ0v) is 24.0. The maximum absolute atomic E-state index is 13.1. The third kappa shape index (κ3) is 7.82. The van der Waals surface area contributed by atoms with Gasteiger partial charge in [-0.05, 0) is 60.9 Å². The molecular weight excluding hydrogens is 581 g/mol. The van der Waals surface area contributed by atoms with Crippen LogP contribution in [0.4, 0.5) is 15.3 Å². The SMILES string of the molecule is C=C=C=NC=C=C=NC(=O)[C@@H](Cc1cc(Cl)c(O)c(Cl)c1)OC(=O)N1CCC(N2CCc3ccccc3NC2=O)CC1. The number of para-hydroxylation sites is 1. The molecule has 0 saturated carbocycles. The van der Waals surface area contributed by atoms with Crippen molar-refractivity contribution in [3.05, 3.63) is 81.8 Å². The Morgan fingerprint density at radius 1 is 1.17 bits per heavy atom. The Balaban J connectivity index is 1.43. The van der Waals surface area contributed by atoms with Crippen LogP contribution in [-0.2, 0) is 22.4 Å². The van der Waals surface area contributed by atoms with Crippen molar-refractivity contribution in [2.75, 3.05) is 25.0 Å². The number of hydrogen-bond acceptors (Lipinski definition) is 6. The van der Waals surface area contributed by atoms with Gasteiger partial charge in [0, 0.05) is 49.5 Å². The molecule has 10 nitrogen and oxygen atoms in total. The van der Waals surface area contributed by atoms with Crippen LogP contribution in [-0.4, -0.2) is 76.5 Å². The van der Waals surface area contributed by atoms with Crippen LogP contribution in [0, 0.1) is 0 Å². The molecule has 4 amide bonds. The van der Waals surface area contributed by atoms with E-state index in [1.54, 1.807) is 0 Å². The number of hydrogen-bond donors (Lipinski definition) is 2. The average molecular weight is 608 g/mol. The van der Waals surface area contributed by atoms with E-state index in [-0.39, 0.29) is 34.3 Å². The maximum Gasteiger partial charge on any atom is 0.410 e. The van der Waals surface area contributed by atoms with E-state index in [1.165, 1.54) is 17.0 Å². The summed E-state index contributed by atoms with van der Waals surface area (Å²) in [5.74, 6) is 3.54. The van der Waals surface area contributed by atoms with E-state index in [9.17, 15) is 19.5 Å². The van der Waals surface area contributed by atoms with Crippen molar-refractivity contribution in [1.29, 1.82) is 0 Å². The summed E-state index contributed by atoms with van der Waals surface area (Å²) in [4.78, 5) is 49.6. The first kappa shape index (κ1) is 30.4. The Morgan fingerprint density at radius 3 is 2.60 bits per heavy atom. The van der Waals surface area contributed by atoms with E-state index in [0.29, 0.717) is 38.0 Å². The number of phenolic OH excluding ortho intramolecular Hbond substituents is 1. The molecule has 2 heterocycles. The molecule has 42 heavy (non-hydrogen) atoms. The number of phenols is 1. The number of benzene rings is 2. The molecule has 0 bridgehead atoms. The summed E-state index contributed by atoms with van der Waals surface area (Å²) in [7, 11) is 0. The van der Waals surface area contributed by atoms with Gasteiger partial charge in [-0.15, -0.1) is 0 Å². The van der Waals surface area contributed by atoms with Crippen LogP contribution in [0.25, 0.3) is 0 Å². The van der Waals surface area contributed by atoms with Crippen molar-refractivity contribution in [3.63, 3.8) is 0 Å². The van der Waals surface area contributed by atoms with Crippen molar-refractivity contribution in [2.24, 2.45) is 9.98 Å². The van der Waals surface area contributed by atoms with Crippen LogP contribution in [0.2, 0.25) is 10.0 Å². The van der Waals surface area contributed by atoms with E-state index in [0.717, 1.165) is 23.9 Å². The number of likely N-dealkylation sites (tertiary alicyclic amines) is 1. The van der Waals surface area contributed by atoms with Crippen molar-refractivity contribution in [3.8, 4) is 5.75 Å². The summed E-state index contributed by atoms with van der Waals surface area (Å²) < 4.78 is 5.60. The highest BCUT2D eigenvalue weighted by atomic mass is 35.5. The Morgan fingerprint density at radius 2 is 1.88 bits per heavy atom. The van der Waals surface area contributed by atoms with E-state index < -0.39 is 18.1 Å². The smallest absolute Gasteiger partial charge is 0.410 e. The molecule has 2 aromatic carbocycles. The fraction of sp³-hybridized carbons (Fsp3) is 0.300. The van der Waals surface area contributed by atoms with Crippen molar-refractivity contribution in [1.82, 2.24) is 9.80 Å². The molecule has 2 aliphatic rings. The van der Waals surface area contributed by atoms with Gasteiger partial charge in [-0.25, -0.2) is 9.59 Å². The summed E-state index contributed by atoms with van der Waals surface area (Å²) in [6.45, 7) is 4.55. The summed E-state index contributed by atoms with van der Waals surface area (Å²) in [5, 5.41) is 12.8. The largest absolute Gasteiger partial charge is 0.505 e. The highest BCUT2D eigenvalue weighted by Gasteiger charge is 2.33. The quantitative estimate of drug-likeness (QED) is 0.346. The molecule has 0 spiro atoms. The Labute approximate surface area is 252 Å². The molecule has 0 radical (unpaired) electrons. The van der Waals surface area contributed by atoms with Gasteiger partial charge in [-0.1, -0.05) is 47.1 Å². The molecule has 1 atom stereocenters. The van der Waals surface area contributed by atoms with Gasteiger partial charge in [0.05, 0.1) is 16.2 Å². The average Bonchev–Trinajstić information content (AvgIpc) is 3.15. The second-order valence-corrected chi connectivity index (χ2v) is 10.3. The second-order valence-electron chi connectivity index (χ2n) is 9.49. The number of urea groups is 1. The molecule has 0 unspecified atom stereocenters. The fourth-order valence-electron chi connectivity index (χ4n) is 4.72. The van der Waals surface area contributed by atoms with Gasteiger partial charge < -0.3 is 25.0 Å². The third-order valence-corrected chi connectivity index (χ3v) is 7.40. The summed E-state index contributed by atoms with van der Waals surface area (Å²) in [5.41, 5.74) is 7.09. The monoisotopic (exact) mass is 607 g/mol. The van der Waals surface area contributed by atoms with Crippen LogP contribution >= 0.6 is 23.2 Å². The number of aliphatic imine (C=N–C) groups is 2. The normalized spacial score (nSPS) is 15.3. The van der Waals surface area contributed by atoms with E-state index >= 15 is 0 Å². The highest BCUT2D eigenvalue weighted by Crippen LogP contribution is 2.33. The number of aromatic hydroxyl groups is 1. The van der Waals surface area contributed by atoms with Gasteiger partial charge in [0.2, 0.25) is 0 Å². The minimum absolute atomic E-state index is 0.0165. The molecule has 12 heteroatoms. The number of nitrogens with zero attached hydrogens (tertiary/aromatic N) is 4. The van der Waals surface area contributed by atoms with Crippen LogP contribution in [0.5, 0.6) is 5.75 Å². The molecule has 2 aromatic rings. The highest BCUT2D eigenvalue weighted by molar-refractivity contribution is 6.37. The van der Waals surface area contributed by atoms with Gasteiger partial charge in [-0.2, -0.15) is 9.98 Å². The maximum atomic E-state index is 13.1. The summed E-state index contributed by atoms with van der Waals surface area (Å²) in [6, 6.07) is 10.3. The molecule has 0 aliphatic carbocycles. The first-order chi connectivity index (χ1) is 20.3. The molecule has 216 valence electrons. The van der Waals surface area contributed by atoms with Gasteiger partial charge in [0.1, 0.15) is 0 Å². The van der Waals surface area contributed by atoms with E-state index in [4.69, 9.17) is 27.9 Å². The zero-order chi connectivity index (χ0) is 30.1. The Bertz CT molecular complexity index is 1540. The lowest BCUT2D eigenvalue weighted by Crippen LogP contribution is -2.50. The molecule has 1 saturated heterocycles. The number of piperidine rings is 1. The van der Waals surface area contributed by atoms with Crippen molar-refractivity contribution >= 4 is 58.7 Å². The van der Waals surface area contributed by atoms with Crippen LogP contribution in [0.15, 0.2) is 70.6 Å². The minimum atomic E-state index is -1.34. The number of amides is 4. The number of anilines is 1. The number of halogens is 2. The fourth-order valence-corrected chi connectivity index (χ4v) is 5.25. The van der Waals surface area contributed by atoms with Gasteiger partial charge in [0.15, 0.2) is 11.9 Å². The number of carbonyl (C=O) groups excluding carboxylic acids is 3. The topological polar surface area (TPSA) is 124 Å². The molecule has 4 rings (SSSR count). The molecule has 2 N–H and O–H groups in total. The Hall–Kier alpha value is -4.51. The lowest BCUT2D eigenvalue weighted by atomic mass is 10.0. The van der Waals surface area contributed by atoms with Crippen LogP contribution < -0.4 is 5.32 Å². The van der Waals surface area contributed by atoms with Crippen molar-refractivity contribution in [2.45, 2.75) is 37.8 Å². The molecule has 2 aliphatic heterocycles. The molecule has 0 aromatic heterocycles. The predicted molar refractivity (Wildman–Crippen MR) is 160 cm³/mol. The lowest BCUT2D eigenvalue weighted by Gasteiger charge is -2.37. The zero-order valence-electron chi connectivity index (χ0n) is 22.5. The van der Waals surface area contributed by atoms with Crippen LogP contribution in [0.3, 0.4) is 0 Å². The lowest BCUT2D eigenvalue weighted by molar-refractivity contribution is -0.126. The Kier molecular flexibility index (Phi) is 10.4. The van der Waals surface area contributed by atoms with E-state index in [2.05, 4.69) is 45.1 Å². The summed E-state index contributed by atoms with van der Waals surface area (Å²) in [6.07, 6.45) is 0.828. The predicted octanol–water partition coefficient (Wildman–Crippen LogP) is 5.18. The second kappa shape index (κ2) is 14.4. The first-order valence-electron chi connectivity index (χ1n) is 13.1. The van der Waals surface area contributed by atoms with Gasteiger partial charge in [0.25, 0.3) is 5.91 Å². The minimum Gasteiger partial charge on any atom is -0.505 e. The number of nitrogens with one attached hydrogen (secondary N) is 1. The summed E-state index contributed by atoms with van der Waals surface area (Å²) >= 11 is 12.1. The van der Waals surface area contributed by atoms with Gasteiger partial charge in [-0.3, -0.25) is 4.79 Å². The number of carbonyl (C=O) groups is 3. The standard InChI is InChI=1S/C30H27Cl2N5O5/c1-2-11-33-12-5-13-34-28(39)26(19-20-17-23(31)27(38)24(32)18-20)42-30(41)36-14-9-22(10-15-36)37-16-8-21-6-3-4-7-25(21)35-29(37)40/h3-4,6-7,12,17-18,22,26,38H,1,8-10,14-16,19H2,(H,35,40)/t26-/m1/s1. The first-order valence-corrected chi connectivity index (χ1v) is 13.8. The molecule has 1 fully saturated rings. The van der Waals surface area contributed by atoms with Gasteiger partial charge >= 0.3 is 12.1 Å². The number of fused-ring (bicyclic) bond motifs is 1. The third-order valence-electron chi connectivity index (χ3n) is 6.82. The number of ether oxygens (including phenoxy) is 1. The molecular formula is C30H27Cl2N5O5.